The molecule has 0 aliphatic rings. The number of carbonyl (C=O) groups is 1. The summed E-state index contributed by atoms with van der Waals surface area (Å²) in [6, 6.07) is 15.5. The number of hydrogen-bond donors (Lipinski definition) is 2. The van der Waals surface area contributed by atoms with Gasteiger partial charge in [-0.3, -0.25) is 4.79 Å². The molecule has 0 spiro atoms. The van der Waals surface area contributed by atoms with Crippen LogP contribution in [0.25, 0.3) is 0 Å². The van der Waals surface area contributed by atoms with Crippen molar-refractivity contribution in [3.05, 3.63) is 59.7 Å². The number of nitrogens with two attached hydrogens (primary N) is 1. The smallest absolute Gasteiger partial charge is 0.249 e. The van der Waals surface area contributed by atoms with E-state index in [9.17, 15) is 4.79 Å². The number of carbonyl (C=O) groups excluding carboxylic acids is 1. The van der Waals surface area contributed by atoms with E-state index in [0.29, 0.717) is 12.1 Å². The Hall–Kier alpha value is -2.49. The predicted molar refractivity (Wildman–Crippen MR) is 83.1 cm³/mol. The molecular weight excluding hydrogens is 250 g/mol. The second kappa shape index (κ2) is 6.10. The molecule has 4 heteroatoms. The molecule has 0 heterocycles. The first-order chi connectivity index (χ1) is 9.58. The van der Waals surface area contributed by atoms with Gasteiger partial charge < -0.3 is 16.0 Å². The Balaban J connectivity index is 2.07. The van der Waals surface area contributed by atoms with E-state index in [-0.39, 0.29) is 0 Å². The summed E-state index contributed by atoms with van der Waals surface area (Å²) in [6.07, 6.45) is 0. The summed E-state index contributed by atoms with van der Waals surface area (Å²) in [5.41, 5.74) is 8.98. The van der Waals surface area contributed by atoms with Gasteiger partial charge in [0.25, 0.3) is 0 Å². The number of amides is 1. The summed E-state index contributed by atoms with van der Waals surface area (Å²) in [6.45, 7) is 0.570. The fourth-order valence-corrected chi connectivity index (χ4v) is 1.99. The minimum atomic E-state index is -0.398. The van der Waals surface area contributed by atoms with Crippen molar-refractivity contribution < 1.29 is 4.79 Å². The highest BCUT2D eigenvalue weighted by Crippen LogP contribution is 2.17. The van der Waals surface area contributed by atoms with Crippen LogP contribution in [-0.2, 0) is 6.54 Å². The summed E-state index contributed by atoms with van der Waals surface area (Å²) < 4.78 is 0. The summed E-state index contributed by atoms with van der Waals surface area (Å²) in [4.78, 5) is 13.4. The third-order valence-corrected chi connectivity index (χ3v) is 3.15. The summed E-state index contributed by atoms with van der Waals surface area (Å²) >= 11 is 0. The van der Waals surface area contributed by atoms with Crippen molar-refractivity contribution in [1.29, 1.82) is 0 Å². The van der Waals surface area contributed by atoms with E-state index < -0.39 is 5.91 Å². The van der Waals surface area contributed by atoms with Crippen LogP contribution in [0.4, 0.5) is 11.4 Å². The number of hydrogen-bond acceptors (Lipinski definition) is 3. The quantitative estimate of drug-likeness (QED) is 0.876. The van der Waals surface area contributed by atoms with Gasteiger partial charge in [-0.25, -0.2) is 0 Å². The first-order valence-electron chi connectivity index (χ1n) is 6.47. The van der Waals surface area contributed by atoms with Crippen LogP contribution in [0.2, 0.25) is 0 Å². The van der Waals surface area contributed by atoms with E-state index in [1.165, 1.54) is 0 Å². The molecule has 3 N–H and O–H groups in total. The van der Waals surface area contributed by atoms with Gasteiger partial charge in [0.05, 0.1) is 0 Å². The highest BCUT2D eigenvalue weighted by Gasteiger charge is 2.06. The Bertz CT molecular complexity index is 591. The van der Waals surface area contributed by atoms with Crippen molar-refractivity contribution in [3.8, 4) is 0 Å². The lowest BCUT2D eigenvalue weighted by atomic mass is 10.1. The molecule has 0 aromatic heterocycles. The minimum absolute atomic E-state index is 0.398. The maximum absolute atomic E-state index is 11.3. The van der Waals surface area contributed by atoms with Crippen LogP contribution < -0.4 is 16.0 Å². The van der Waals surface area contributed by atoms with Crippen molar-refractivity contribution in [3.63, 3.8) is 0 Å². The van der Waals surface area contributed by atoms with E-state index in [2.05, 4.69) is 5.32 Å². The number of nitrogens with one attached hydrogen (secondary N) is 1. The molecule has 2 aromatic rings. The highest BCUT2D eigenvalue weighted by molar-refractivity contribution is 5.94. The molecule has 4 nitrogen and oxygen atoms in total. The average molecular weight is 269 g/mol. The summed E-state index contributed by atoms with van der Waals surface area (Å²) in [5, 5.41) is 3.30. The van der Waals surface area contributed by atoms with Crippen molar-refractivity contribution in [2.24, 2.45) is 5.73 Å². The molecule has 0 unspecified atom stereocenters. The molecule has 0 atom stereocenters. The summed E-state index contributed by atoms with van der Waals surface area (Å²) in [7, 11) is 4.01. The monoisotopic (exact) mass is 269 g/mol. The zero-order chi connectivity index (χ0) is 14.5. The molecule has 20 heavy (non-hydrogen) atoms. The second-order valence-corrected chi connectivity index (χ2v) is 4.82. The van der Waals surface area contributed by atoms with E-state index in [1.807, 2.05) is 61.5 Å². The third kappa shape index (κ3) is 3.29. The van der Waals surface area contributed by atoms with Gasteiger partial charge in [0.15, 0.2) is 0 Å². The molecule has 0 saturated carbocycles. The van der Waals surface area contributed by atoms with Crippen LogP contribution in [0.1, 0.15) is 15.9 Å². The fraction of sp³-hybridized carbons (Fsp3) is 0.188. The number of primary amides is 1. The van der Waals surface area contributed by atoms with E-state index >= 15 is 0 Å². The van der Waals surface area contributed by atoms with Crippen molar-refractivity contribution in [1.82, 2.24) is 0 Å². The minimum Gasteiger partial charge on any atom is -0.381 e. The Morgan fingerprint density at radius 1 is 1.10 bits per heavy atom. The zero-order valence-corrected chi connectivity index (χ0v) is 11.8. The predicted octanol–water partition coefficient (Wildman–Crippen LogP) is 2.46. The molecule has 0 radical (unpaired) electrons. The molecule has 0 saturated heterocycles. The Morgan fingerprint density at radius 3 is 2.35 bits per heavy atom. The van der Waals surface area contributed by atoms with Crippen LogP contribution in [0.15, 0.2) is 48.5 Å². The zero-order valence-electron chi connectivity index (χ0n) is 11.8. The van der Waals surface area contributed by atoms with Crippen molar-refractivity contribution in [2.45, 2.75) is 6.54 Å². The van der Waals surface area contributed by atoms with Crippen LogP contribution in [0.3, 0.4) is 0 Å². The van der Waals surface area contributed by atoms with Crippen LogP contribution >= 0.6 is 0 Å². The first-order valence-corrected chi connectivity index (χ1v) is 6.47. The molecule has 2 rings (SSSR count). The van der Waals surface area contributed by atoms with Crippen LogP contribution in [-0.4, -0.2) is 20.0 Å². The first kappa shape index (κ1) is 13.9. The van der Waals surface area contributed by atoms with Gasteiger partial charge in [-0.1, -0.05) is 18.2 Å². The maximum atomic E-state index is 11.3. The number of benzene rings is 2. The number of anilines is 2. The van der Waals surface area contributed by atoms with Gasteiger partial charge in [-0.05, 0) is 35.9 Å². The lowest BCUT2D eigenvalue weighted by Gasteiger charge is -2.14. The topological polar surface area (TPSA) is 58.4 Å². The molecule has 0 fully saturated rings. The molecule has 0 bridgehead atoms. The van der Waals surface area contributed by atoms with Gasteiger partial charge in [-0.2, -0.15) is 0 Å². The fourth-order valence-electron chi connectivity index (χ4n) is 1.99. The van der Waals surface area contributed by atoms with Gasteiger partial charge in [0, 0.05) is 37.6 Å². The third-order valence-electron chi connectivity index (χ3n) is 3.15. The molecule has 2 aromatic carbocycles. The van der Waals surface area contributed by atoms with E-state index in [4.69, 9.17) is 5.73 Å². The largest absolute Gasteiger partial charge is 0.381 e. The second-order valence-electron chi connectivity index (χ2n) is 4.82. The lowest BCUT2D eigenvalue weighted by molar-refractivity contribution is 0.0999. The molecule has 0 aliphatic heterocycles. The Labute approximate surface area is 119 Å². The van der Waals surface area contributed by atoms with Gasteiger partial charge in [0.1, 0.15) is 0 Å². The molecule has 0 aliphatic carbocycles. The maximum Gasteiger partial charge on any atom is 0.249 e. The normalized spacial score (nSPS) is 10.1. The average Bonchev–Trinajstić information content (AvgIpc) is 2.45. The summed E-state index contributed by atoms with van der Waals surface area (Å²) in [5.74, 6) is -0.398. The SMILES string of the molecule is CN(C)c1ccc(NCc2ccccc2C(N)=O)cc1. The highest BCUT2D eigenvalue weighted by atomic mass is 16.1. The van der Waals surface area contributed by atoms with E-state index in [1.54, 1.807) is 6.07 Å². The Morgan fingerprint density at radius 2 is 1.75 bits per heavy atom. The standard InChI is InChI=1S/C16H19N3O/c1-19(2)14-9-7-13(8-10-14)18-11-12-5-3-4-6-15(12)16(17)20/h3-10,18H,11H2,1-2H3,(H2,17,20). The van der Waals surface area contributed by atoms with Crippen molar-refractivity contribution in [2.75, 3.05) is 24.3 Å². The molecule has 104 valence electrons. The van der Waals surface area contributed by atoms with Gasteiger partial charge in [0.2, 0.25) is 5.91 Å². The van der Waals surface area contributed by atoms with Crippen LogP contribution in [0.5, 0.6) is 0 Å². The lowest BCUT2D eigenvalue weighted by Crippen LogP contribution is -2.15. The van der Waals surface area contributed by atoms with Gasteiger partial charge >= 0.3 is 0 Å². The molecular formula is C16H19N3O. The van der Waals surface area contributed by atoms with Crippen molar-refractivity contribution >= 4 is 17.3 Å². The van der Waals surface area contributed by atoms with Gasteiger partial charge in [-0.15, -0.1) is 0 Å². The molecule has 1 amide bonds. The van der Waals surface area contributed by atoms with Crippen LogP contribution in [0, 0.1) is 0 Å². The Kier molecular flexibility index (Phi) is 4.25. The van der Waals surface area contributed by atoms with E-state index in [0.717, 1.165) is 16.9 Å². The number of rotatable bonds is 5. The number of nitrogens with zero attached hydrogens (tertiary/aromatic N) is 1.